The molecule has 1 aromatic carbocycles. The smallest absolute Gasteiger partial charge is 0.237 e. The molecule has 1 aliphatic rings. The first kappa shape index (κ1) is 14.2. The van der Waals surface area contributed by atoms with Gasteiger partial charge in [0.05, 0.1) is 0 Å². The summed E-state index contributed by atoms with van der Waals surface area (Å²) in [6, 6.07) is 8.50. The quantitative estimate of drug-likeness (QED) is 0.792. The Morgan fingerprint density at radius 1 is 1.21 bits per heavy atom. The summed E-state index contributed by atoms with van der Waals surface area (Å²) in [6.45, 7) is 2.93. The first-order valence-electron chi connectivity index (χ1n) is 6.84. The lowest BCUT2D eigenvalue weighted by Gasteiger charge is -2.29. The third kappa shape index (κ3) is 3.87. The summed E-state index contributed by atoms with van der Waals surface area (Å²) >= 11 is 5.54. The third-order valence-corrected chi connectivity index (χ3v) is 3.85. The summed E-state index contributed by atoms with van der Waals surface area (Å²) in [4.78, 5) is 15.5. The Balaban J connectivity index is 1.96. The van der Waals surface area contributed by atoms with E-state index in [9.17, 15) is 4.79 Å². The molecule has 0 atom stereocenters. The van der Waals surface area contributed by atoms with Crippen LogP contribution >= 0.6 is 11.6 Å². The maximum absolute atomic E-state index is 11.4. The van der Waals surface area contributed by atoms with Crippen molar-refractivity contribution >= 4 is 23.2 Å². The molecule has 19 heavy (non-hydrogen) atoms. The standard InChI is InChI=1S/C15H21ClN2O/c1-17(15(19)11-16)12-13-5-7-14(8-6-13)18-9-3-2-4-10-18/h5-8H,2-4,9-12H2,1H3. The minimum absolute atomic E-state index is 0.0400. The SMILES string of the molecule is CN(Cc1ccc(N2CCCCC2)cc1)C(=O)CCl. The molecule has 4 heteroatoms. The molecule has 0 bridgehead atoms. The van der Waals surface area contributed by atoms with Crippen LogP contribution in [-0.2, 0) is 11.3 Å². The van der Waals surface area contributed by atoms with Crippen molar-refractivity contribution in [2.75, 3.05) is 30.9 Å². The predicted octanol–water partition coefficient (Wildman–Crippen LogP) is 2.87. The van der Waals surface area contributed by atoms with Crippen molar-refractivity contribution in [2.45, 2.75) is 25.8 Å². The Labute approximate surface area is 120 Å². The molecule has 0 N–H and O–H groups in total. The second-order valence-electron chi connectivity index (χ2n) is 5.10. The molecule has 1 saturated heterocycles. The lowest BCUT2D eigenvalue weighted by Crippen LogP contribution is -2.29. The molecule has 1 aliphatic heterocycles. The van der Waals surface area contributed by atoms with Crippen LogP contribution in [0.15, 0.2) is 24.3 Å². The number of rotatable bonds is 4. The number of benzene rings is 1. The maximum atomic E-state index is 11.4. The topological polar surface area (TPSA) is 23.6 Å². The van der Waals surface area contributed by atoms with Gasteiger partial charge in [0.15, 0.2) is 0 Å². The second-order valence-corrected chi connectivity index (χ2v) is 5.36. The average molecular weight is 281 g/mol. The number of hydrogen-bond acceptors (Lipinski definition) is 2. The van der Waals surface area contributed by atoms with Crippen molar-refractivity contribution in [3.63, 3.8) is 0 Å². The number of halogens is 1. The molecular formula is C15H21ClN2O. The summed E-state index contributed by atoms with van der Waals surface area (Å²) < 4.78 is 0. The van der Waals surface area contributed by atoms with E-state index in [1.807, 2.05) is 0 Å². The van der Waals surface area contributed by atoms with Crippen molar-refractivity contribution in [1.29, 1.82) is 0 Å². The third-order valence-electron chi connectivity index (χ3n) is 3.62. The van der Waals surface area contributed by atoms with Crippen LogP contribution in [0.4, 0.5) is 5.69 Å². The van der Waals surface area contributed by atoms with Crippen LogP contribution in [0.1, 0.15) is 24.8 Å². The summed E-state index contributed by atoms with van der Waals surface area (Å²) in [5, 5.41) is 0. The van der Waals surface area contributed by atoms with Crippen molar-refractivity contribution in [2.24, 2.45) is 0 Å². The van der Waals surface area contributed by atoms with Gasteiger partial charge in [-0.15, -0.1) is 11.6 Å². The van der Waals surface area contributed by atoms with E-state index in [1.54, 1.807) is 11.9 Å². The van der Waals surface area contributed by atoms with Gasteiger partial charge in [-0.1, -0.05) is 12.1 Å². The van der Waals surface area contributed by atoms with E-state index >= 15 is 0 Å². The van der Waals surface area contributed by atoms with Crippen molar-refractivity contribution in [3.8, 4) is 0 Å². The Morgan fingerprint density at radius 3 is 2.42 bits per heavy atom. The molecule has 2 rings (SSSR count). The lowest BCUT2D eigenvalue weighted by molar-refractivity contribution is -0.127. The second kappa shape index (κ2) is 6.80. The van der Waals surface area contributed by atoms with Crippen LogP contribution in [0.25, 0.3) is 0 Å². The number of carbonyl (C=O) groups is 1. The molecule has 0 aromatic heterocycles. The van der Waals surface area contributed by atoms with Crippen molar-refractivity contribution in [1.82, 2.24) is 4.90 Å². The first-order valence-corrected chi connectivity index (χ1v) is 7.38. The van der Waals surface area contributed by atoms with Gasteiger partial charge in [0.2, 0.25) is 5.91 Å². The Morgan fingerprint density at radius 2 is 1.84 bits per heavy atom. The van der Waals surface area contributed by atoms with Gasteiger partial charge in [-0.05, 0) is 37.0 Å². The predicted molar refractivity (Wildman–Crippen MR) is 79.7 cm³/mol. The number of amides is 1. The molecule has 0 spiro atoms. The van der Waals surface area contributed by atoms with Crippen LogP contribution in [0.5, 0.6) is 0 Å². The van der Waals surface area contributed by atoms with Gasteiger partial charge in [-0.25, -0.2) is 0 Å². The number of alkyl halides is 1. The van der Waals surface area contributed by atoms with E-state index in [2.05, 4.69) is 29.2 Å². The van der Waals surface area contributed by atoms with Gasteiger partial charge < -0.3 is 9.80 Å². The van der Waals surface area contributed by atoms with Gasteiger partial charge in [0.25, 0.3) is 0 Å². The van der Waals surface area contributed by atoms with Crippen LogP contribution in [0, 0.1) is 0 Å². The van der Waals surface area contributed by atoms with Crippen LogP contribution in [0.2, 0.25) is 0 Å². The summed E-state index contributed by atoms with van der Waals surface area (Å²) in [5.41, 5.74) is 2.43. The lowest BCUT2D eigenvalue weighted by atomic mass is 10.1. The zero-order chi connectivity index (χ0) is 13.7. The normalized spacial score (nSPS) is 15.4. The fourth-order valence-corrected chi connectivity index (χ4v) is 2.63. The Bertz CT molecular complexity index is 413. The summed E-state index contributed by atoms with van der Waals surface area (Å²) in [7, 11) is 1.78. The monoisotopic (exact) mass is 280 g/mol. The van der Waals surface area contributed by atoms with Gasteiger partial charge in [0.1, 0.15) is 5.88 Å². The summed E-state index contributed by atoms with van der Waals surface area (Å²) in [6.07, 6.45) is 3.92. The summed E-state index contributed by atoms with van der Waals surface area (Å²) in [5.74, 6) is 0.00398. The minimum Gasteiger partial charge on any atom is -0.372 e. The fraction of sp³-hybridized carbons (Fsp3) is 0.533. The van der Waals surface area contributed by atoms with E-state index in [-0.39, 0.29) is 11.8 Å². The zero-order valence-corrected chi connectivity index (χ0v) is 12.2. The Hall–Kier alpha value is -1.22. The van der Waals surface area contributed by atoms with Crippen LogP contribution < -0.4 is 4.90 Å². The molecule has 1 amide bonds. The van der Waals surface area contributed by atoms with E-state index in [0.29, 0.717) is 6.54 Å². The number of nitrogens with zero attached hydrogens (tertiary/aromatic N) is 2. The number of carbonyl (C=O) groups excluding carboxylic acids is 1. The van der Waals surface area contributed by atoms with E-state index in [1.165, 1.54) is 24.9 Å². The molecule has 0 radical (unpaired) electrons. The highest BCUT2D eigenvalue weighted by atomic mass is 35.5. The minimum atomic E-state index is -0.0400. The fourth-order valence-electron chi connectivity index (χ4n) is 2.43. The van der Waals surface area contributed by atoms with E-state index in [4.69, 9.17) is 11.6 Å². The van der Waals surface area contributed by atoms with Crippen molar-refractivity contribution < 1.29 is 4.79 Å². The molecule has 0 aliphatic carbocycles. The van der Waals surface area contributed by atoms with Gasteiger partial charge in [0, 0.05) is 32.4 Å². The van der Waals surface area contributed by atoms with Gasteiger partial charge in [-0.2, -0.15) is 0 Å². The molecule has 1 aromatic rings. The molecular weight excluding hydrogens is 260 g/mol. The average Bonchev–Trinajstić information content (AvgIpc) is 2.48. The molecule has 104 valence electrons. The number of piperidine rings is 1. The van der Waals surface area contributed by atoms with E-state index < -0.39 is 0 Å². The zero-order valence-electron chi connectivity index (χ0n) is 11.4. The largest absolute Gasteiger partial charge is 0.372 e. The first-order chi connectivity index (χ1) is 9.20. The highest BCUT2D eigenvalue weighted by Gasteiger charge is 2.11. The number of anilines is 1. The molecule has 3 nitrogen and oxygen atoms in total. The Kier molecular flexibility index (Phi) is 5.08. The van der Waals surface area contributed by atoms with Crippen LogP contribution in [-0.4, -0.2) is 36.8 Å². The van der Waals surface area contributed by atoms with Crippen LogP contribution in [0.3, 0.4) is 0 Å². The maximum Gasteiger partial charge on any atom is 0.237 e. The highest BCUT2D eigenvalue weighted by molar-refractivity contribution is 6.27. The molecule has 1 heterocycles. The molecule has 0 saturated carbocycles. The highest BCUT2D eigenvalue weighted by Crippen LogP contribution is 2.20. The molecule has 0 unspecified atom stereocenters. The number of hydrogen-bond donors (Lipinski definition) is 0. The van der Waals surface area contributed by atoms with Crippen molar-refractivity contribution in [3.05, 3.63) is 29.8 Å². The van der Waals surface area contributed by atoms with Gasteiger partial charge in [-0.3, -0.25) is 4.79 Å². The van der Waals surface area contributed by atoms with E-state index in [0.717, 1.165) is 18.7 Å². The molecule has 1 fully saturated rings. The van der Waals surface area contributed by atoms with Gasteiger partial charge >= 0.3 is 0 Å².